The second-order valence-electron chi connectivity index (χ2n) is 3.51. The van der Waals surface area contributed by atoms with Gasteiger partial charge in [-0.3, -0.25) is 0 Å². The molecule has 1 atom stereocenters. The van der Waals surface area contributed by atoms with Crippen molar-refractivity contribution in [3.8, 4) is 0 Å². The Hall–Kier alpha value is -1.64. The second kappa shape index (κ2) is 5.80. The predicted molar refractivity (Wildman–Crippen MR) is 64.7 cm³/mol. The number of ether oxygens (including phenoxy) is 1. The van der Waals surface area contributed by atoms with Gasteiger partial charge in [0.05, 0.1) is 11.4 Å². The van der Waals surface area contributed by atoms with E-state index in [9.17, 15) is 13.2 Å². The van der Waals surface area contributed by atoms with Gasteiger partial charge in [-0.15, -0.1) is 0 Å². The van der Waals surface area contributed by atoms with Crippen molar-refractivity contribution in [2.45, 2.75) is 11.0 Å². The molecule has 18 heavy (non-hydrogen) atoms. The summed E-state index contributed by atoms with van der Waals surface area (Å²) in [4.78, 5) is 10.7. The number of methoxy groups -OCH3 is 1. The molecule has 8 heteroatoms. The molecule has 0 aliphatic carbocycles. The van der Waals surface area contributed by atoms with E-state index in [0.717, 1.165) is 0 Å². The number of rotatable bonds is 6. The maximum absolute atomic E-state index is 11.0. The maximum Gasteiger partial charge on any atom is 0.334 e. The highest BCUT2D eigenvalue weighted by Crippen LogP contribution is 2.12. The minimum atomic E-state index is -3.72. The molecule has 0 aliphatic heterocycles. The van der Waals surface area contributed by atoms with Crippen LogP contribution < -0.4 is 10.5 Å². The molecule has 0 fully saturated rings. The Morgan fingerprint density at radius 1 is 1.44 bits per heavy atom. The van der Waals surface area contributed by atoms with Crippen LogP contribution in [0, 0.1) is 0 Å². The lowest BCUT2D eigenvalue weighted by Crippen LogP contribution is -2.30. The molecule has 0 aromatic heterocycles. The first-order valence-electron chi connectivity index (χ1n) is 4.97. The van der Waals surface area contributed by atoms with Crippen LogP contribution in [0.3, 0.4) is 0 Å². The number of nitrogens with one attached hydrogen (secondary N) is 1. The molecule has 0 spiro atoms. The van der Waals surface area contributed by atoms with Gasteiger partial charge in [-0.1, -0.05) is 0 Å². The smallest absolute Gasteiger partial charge is 0.334 e. The number of sulfonamides is 1. The number of carbonyl (C=O) groups is 1. The summed E-state index contributed by atoms with van der Waals surface area (Å²) >= 11 is 0. The molecule has 1 rings (SSSR count). The molecule has 0 bridgehead atoms. The van der Waals surface area contributed by atoms with Crippen molar-refractivity contribution in [3.05, 3.63) is 24.3 Å². The molecule has 0 saturated carbocycles. The Kier molecular flexibility index (Phi) is 4.65. The Balaban J connectivity index is 2.67. The van der Waals surface area contributed by atoms with Crippen LogP contribution in [0.1, 0.15) is 0 Å². The number of carboxylic acid groups (broad SMARTS) is 1. The number of hydrogen-bond donors (Lipinski definition) is 3. The highest BCUT2D eigenvalue weighted by Gasteiger charge is 2.15. The van der Waals surface area contributed by atoms with Gasteiger partial charge in [0.15, 0.2) is 6.10 Å². The molecule has 1 unspecified atom stereocenters. The predicted octanol–water partition coefficient (Wildman–Crippen LogP) is -0.154. The quantitative estimate of drug-likeness (QED) is 0.663. The van der Waals surface area contributed by atoms with Gasteiger partial charge in [0, 0.05) is 12.8 Å². The molecule has 0 heterocycles. The first-order chi connectivity index (χ1) is 8.34. The minimum Gasteiger partial charge on any atom is -0.479 e. The van der Waals surface area contributed by atoms with Crippen molar-refractivity contribution in [2.75, 3.05) is 19.0 Å². The van der Waals surface area contributed by atoms with Crippen LogP contribution >= 0.6 is 0 Å². The lowest BCUT2D eigenvalue weighted by atomic mass is 10.3. The molecule has 0 aliphatic rings. The third-order valence-corrected chi connectivity index (χ3v) is 3.16. The van der Waals surface area contributed by atoms with E-state index in [-0.39, 0.29) is 11.4 Å². The van der Waals surface area contributed by atoms with Crippen LogP contribution in [0.4, 0.5) is 5.69 Å². The SMILES string of the molecule is COC(CNc1ccc(S(N)(=O)=O)cc1)C(=O)O. The number of primary sulfonamides is 1. The Morgan fingerprint density at radius 3 is 2.39 bits per heavy atom. The van der Waals surface area contributed by atoms with Crippen molar-refractivity contribution in [1.82, 2.24) is 0 Å². The molecule has 7 nitrogen and oxygen atoms in total. The van der Waals surface area contributed by atoms with Gasteiger partial charge in [0.2, 0.25) is 10.0 Å². The number of carboxylic acids is 1. The number of aliphatic carboxylic acids is 1. The van der Waals surface area contributed by atoms with Crippen LogP contribution in [-0.2, 0) is 19.6 Å². The molecule has 0 radical (unpaired) electrons. The second-order valence-corrected chi connectivity index (χ2v) is 5.07. The van der Waals surface area contributed by atoms with E-state index in [0.29, 0.717) is 5.69 Å². The molecule has 1 aromatic rings. The first-order valence-corrected chi connectivity index (χ1v) is 6.51. The van der Waals surface area contributed by atoms with E-state index in [1.807, 2.05) is 0 Å². The molecule has 100 valence electrons. The third-order valence-electron chi connectivity index (χ3n) is 2.23. The summed E-state index contributed by atoms with van der Waals surface area (Å²) < 4.78 is 26.7. The van der Waals surface area contributed by atoms with Gasteiger partial charge in [0.1, 0.15) is 0 Å². The average molecular weight is 274 g/mol. The molecule has 0 amide bonds. The monoisotopic (exact) mass is 274 g/mol. The van der Waals surface area contributed by atoms with Crippen LogP contribution in [0.25, 0.3) is 0 Å². The summed E-state index contributed by atoms with van der Waals surface area (Å²) in [7, 11) is -2.42. The fourth-order valence-electron chi connectivity index (χ4n) is 1.24. The van der Waals surface area contributed by atoms with Crippen LogP contribution in [0.2, 0.25) is 0 Å². The van der Waals surface area contributed by atoms with Crippen molar-refractivity contribution in [3.63, 3.8) is 0 Å². The lowest BCUT2D eigenvalue weighted by molar-refractivity contribution is -0.147. The molecule has 1 aromatic carbocycles. The van der Waals surface area contributed by atoms with Gasteiger partial charge in [0.25, 0.3) is 0 Å². The standard InChI is InChI=1S/C10H14N2O5S/c1-17-9(10(13)14)6-12-7-2-4-8(5-3-7)18(11,15)16/h2-5,9,12H,6H2,1H3,(H,13,14)(H2,11,15,16). The van der Waals surface area contributed by atoms with E-state index in [1.165, 1.54) is 31.4 Å². The summed E-state index contributed by atoms with van der Waals surface area (Å²) in [5, 5.41) is 16.5. The van der Waals surface area contributed by atoms with Gasteiger partial charge in [-0.25, -0.2) is 18.4 Å². The summed E-state index contributed by atoms with van der Waals surface area (Å²) in [5.41, 5.74) is 0.575. The zero-order chi connectivity index (χ0) is 13.8. The minimum absolute atomic E-state index is 0.00502. The fraction of sp³-hybridized carbons (Fsp3) is 0.300. The van der Waals surface area contributed by atoms with Crippen LogP contribution in [-0.4, -0.2) is 39.3 Å². The van der Waals surface area contributed by atoms with Gasteiger partial charge in [-0.2, -0.15) is 0 Å². The van der Waals surface area contributed by atoms with Crippen molar-refractivity contribution in [2.24, 2.45) is 5.14 Å². The van der Waals surface area contributed by atoms with Gasteiger partial charge >= 0.3 is 5.97 Å². The summed E-state index contributed by atoms with van der Waals surface area (Å²) in [5.74, 6) is -1.08. The molecular formula is C10H14N2O5S. The highest BCUT2D eigenvalue weighted by molar-refractivity contribution is 7.89. The largest absolute Gasteiger partial charge is 0.479 e. The van der Waals surface area contributed by atoms with Crippen LogP contribution in [0.15, 0.2) is 29.2 Å². The Morgan fingerprint density at radius 2 is 2.00 bits per heavy atom. The summed E-state index contributed by atoms with van der Waals surface area (Å²) in [6.45, 7) is 0.0700. The fourth-order valence-corrected chi connectivity index (χ4v) is 1.76. The Bertz CT molecular complexity index is 512. The topological polar surface area (TPSA) is 119 Å². The first kappa shape index (κ1) is 14.4. The highest BCUT2D eigenvalue weighted by atomic mass is 32.2. The van der Waals surface area contributed by atoms with Crippen molar-refractivity contribution in [1.29, 1.82) is 0 Å². The maximum atomic E-state index is 11.0. The van der Waals surface area contributed by atoms with Gasteiger partial charge < -0.3 is 15.2 Å². The number of hydrogen-bond acceptors (Lipinski definition) is 5. The summed E-state index contributed by atoms with van der Waals surface area (Å²) in [6, 6.07) is 5.66. The number of benzene rings is 1. The van der Waals surface area contributed by atoms with Gasteiger partial charge in [-0.05, 0) is 24.3 Å². The van der Waals surface area contributed by atoms with E-state index in [2.05, 4.69) is 5.32 Å². The van der Waals surface area contributed by atoms with E-state index >= 15 is 0 Å². The summed E-state index contributed by atoms with van der Waals surface area (Å²) in [6.07, 6.45) is -0.970. The molecule has 0 saturated heterocycles. The molecular weight excluding hydrogens is 260 g/mol. The normalized spacial score (nSPS) is 13.0. The number of nitrogens with two attached hydrogens (primary N) is 1. The van der Waals surface area contributed by atoms with E-state index in [1.54, 1.807) is 0 Å². The molecule has 4 N–H and O–H groups in total. The third kappa shape index (κ3) is 3.99. The number of anilines is 1. The zero-order valence-electron chi connectivity index (χ0n) is 9.66. The lowest BCUT2D eigenvalue weighted by Gasteiger charge is -2.12. The van der Waals surface area contributed by atoms with Crippen molar-refractivity contribution < 1.29 is 23.1 Å². The average Bonchev–Trinajstić information content (AvgIpc) is 2.29. The Labute approximate surface area is 105 Å². The van der Waals surface area contributed by atoms with Crippen molar-refractivity contribution >= 4 is 21.7 Å². The zero-order valence-corrected chi connectivity index (χ0v) is 10.5. The van der Waals surface area contributed by atoms with E-state index in [4.69, 9.17) is 15.0 Å². The van der Waals surface area contributed by atoms with E-state index < -0.39 is 22.1 Å². The van der Waals surface area contributed by atoms with Crippen LogP contribution in [0.5, 0.6) is 0 Å².